The second-order valence-electron chi connectivity index (χ2n) is 1.21. The fourth-order valence-corrected chi connectivity index (χ4v) is 0.250. The van der Waals surface area contributed by atoms with Crippen molar-refractivity contribution in [3.8, 4) is 0 Å². The van der Waals surface area contributed by atoms with Crippen molar-refractivity contribution in [1.29, 1.82) is 0 Å². The van der Waals surface area contributed by atoms with Crippen LogP contribution in [0.25, 0.3) is 0 Å². The maximum atomic E-state index is 3.68. The predicted molar refractivity (Wildman–Crippen MR) is 44.1 cm³/mol. The molecule has 0 aliphatic carbocycles. The summed E-state index contributed by atoms with van der Waals surface area (Å²) in [6, 6.07) is 0. The van der Waals surface area contributed by atoms with Crippen LogP contribution in [0.3, 0.4) is 0 Å². The Labute approximate surface area is 100 Å². The number of rotatable bonds is 2. The Kier molecular flexibility index (Phi) is 196. The molecule has 0 aromatic heterocycles. The first kappa shape index (κ1) is 41.9. The minimum atomic E-state index is 0. The summed E-state index contributed by atoms with van der Waals surface area (Å²) in [7, 11) is 0. The summed E-state index contributed by atoms with van der Waals surface area (Å²) in [5, 5.41) is 0. The van der Waals surface area contributed by atoms with Crippen LogP contribution in [0.15, 0.2) is 0 Å². The van der Waals surface area contributed by atoms with Crippen LogP contribution in [-0.4, -0.2) is 0 Å². The van der Waals surface area contributed by atoms with Crippen molar-refractivity contribution >= 4 is 0 Å². The van der Waals surface area contributed by atoms with Crippen molar-refractivity contribution in [3.63, 3.8) is 0 Å². The van der Waals surface area contributed by atoms with Crippen molar-refractivity contribution in [3.05, 3.63) is 29.2 Å². The molecule has 0 aromatic rings. The third-order valence-corrected chi connectivity index (χ3v) is 0.604. The SMILES string of the molecule is [CH2-]CCCC.[CH3-].[CH3-].[CH3-].[Zn].[Zr]. The zero-order chi connectivity index (χ0) is 4.12. The van der Waals surface area contributed by atoms with Crippen LogP contribution in [0.4, 0.5) is 0 Å². The summed E-state index contributed by atoms with van der Waals surface area (Å²) in [5.41, 5.74) is 0. The smallest absolute Gasteiger partial charge is 0 e. The van der Waals surface area contributed by atoms with Gasteiger partial charge in [0, 0.05) is 45.7 Å². The molecule has 0 bridgehead atoms. The first-order valence-corrected chi connectivity index (χ1v) is 2.21. The van der Waals surface area contributed by atoms with Crippen molar-refractivity contribution in [1.82, 2.24) is 0 Å². The van der Waals surface area contributed by atoms with E-state index in [1.165, 1.54) is 12.8 Å². The molecule has 0 fully saturated rings. The molecule has 0 unspecified atom stereocenters. The van der Waals surface area contributed by atoms with Crippen molar-refractivity contribution in [2.75, 3.05) is 0 Å². The Morgan fingerprint density at radius 2 is 1.40 bits per heavy atom. The summed E-state index contributed by atoms with van der Waals surface area (Å²) in [4.78, 5) is 0. The monoisotopic (exact) mass is 270 g/mol. The molecule has 0 saturated heterocycles. The molecule has 0 aliphatic rings. The summed E-state index contributed by atoms with van der Waals surface area (Å²) < 4.78 is 0. The molecule has 10 heavy (non-hydrogen) atoms. The fourth-order valence-electron chi connectivity index (χ4n) is 0.250. The van der Waals surface area contributed by atoms with E-state index >= 15 is 0 Å². The Bertz CT molecular complexity index is 16.7. The van der Waals surface area contributed by atoms with E-state index < -0.39 is 0 Å². The summed E-state index contributed by atoms with van der Waals surface area (Å²) >= 11 is 0. The van der Waals surface area contributed by atoms with Gasteiger partial charge in [0.2, 0.25) is 0 Å². The van der Waals surface area contributed by atoms with Crippen LogP contribution >= 0.6 is 0 Å². The van der Waals surface area contributed by atoms with Gasteiger partial charge in [0.05, 0.1) is 0 Å². The molecular weight excluding hydrogens is 253 g/mol. The van der Waals surface area contributed by atoms with E-state index in [4.69, 9.17) is 0 Å². The van der Waals surface area contributed by atoms with Gasteiger partial charge in [-0.25, -0.2) is 0 Å². The first-order valence-electron chi connectivity index (χ1n) is 2.21. The van der Waals surface area contributed by atoms with Crippen LogP contribution in [0.1, 0.15) is 26.2 Å². The van der Waals surface area contributed by atoms with Crippen LogP contribution in [0.5, 0.6) is 0 Å². The number of unbranched alkanes of at least 4 members (excludes halogenated alkanes) is 2. The van der Waals surface area contributed by atoms with Crippen molar-refractivity contribution in [2.24, 2.45) is 0 Å². The maximum absolute atomic E-state index is 3.68. The van der Waals surface area contributed by atoms with Crippen LogP contribution in [-0.2, 0) is 45.7 Å². The van der Waals surface area contributed by atoms with Gasteiger partial charge in [-0.05, 0) is 0 Å². The molecule has 0 spiro atoms. The van der Waals surface area contributed by atoms with E-state index in [2.05, 4.69) is 13.8 Å². The minimum Gasteiger partial charge on any atom is -0.358 e. The van der Waals surface area contributed by atoms with Crippen LogP contribution in [0.2, 0.25) is 0 Å². The third-order valence-electron chi connectivity index (χ3n) is 0.604. The minimum absolute atomic E-state index is 0. The topological polar surface area (TPSA) is 0 Å². The molecule has 62 valence electrons. The molecule has 0 radical (unpaired) electrons. The molecule has 0 N–H and O–H groups in total. The fraction of sp³-hybridized carbons (Fsp3) is 0.500. The molecule has 0 aromatic carbocycles. The summed E-state index contributed by atoms with van der Waals surface area (Å²) in [6.45, 7) is 5.85. The normalized spacial score (nSPS) is 4.20. The standard InChI is InChI=1S/C5H11.3CH3.Zn.Zr/c1-3-5-4-2;;;;;/h1,3-5H2,2H3;3*1H3;;/q4*-1;;. The Balaban J connectivity index is -0.00000000800. The quantitative estimate of drug-likeness (QED) is 0.534. The molecule has 0 amide bonds. The van der Waals surface area contributed by atoms with Gasteiger partial charge < -0.3 is 29.2 Å². The van der Waals surface area contributed by atoms with Gasteiger partial charge in [-0.3, -0.25) is 0 Å². The average molecular weight is 273 g/mol. The van der Waals surface area contributed by atoms with E-state index in [1.54, 1.807) is 0 Å². The molecule has 0 heterocycles. The predicted octanol–water partition coefficient (Wildman–Crippen LogP) is 3.36. The molecule has 0 saturated carbocycles. The van der Waals surface area contributed by atoms with Gasteiger partial charge in [-0.2, -0.15) is 6.42 Å². The van der Waals surface area contributed by atoms with Crippen LogP contribution in [0, 0.1) is 29.2 Å². The molecule has 0 atom stereocenters. The van der Waals surface area contributed by atoms with Gasteiger partial charge in [0.25, 0.3) is 0 Å². The van der Waals surface area contributed by atoms with Gasteiger partial charge in [0.15, 0.2) is 0 Å². The molecule has 0 rings (SSSR count). The zero-order valence-corrected chi connectivity index (χ0v) is 13.5. The third kappa shape index (κ3) is 55.9. The Hall–Kier alpha value is 1.51. The number of hydrogen-bond acceptors (Lipinski definition) is 0. The second kappa shape index (κ2) is 46.8. The van der Waals surface area contributed by atoms with Gasteiger partial charge >= 0.3 is 0 Å². The largest absolute Gasteiger partial charge is 0.358 e. The second-order valence-corrected chi connectivity index (χ2v) is 1.21. The van der Waals surface area contributed by atoms with E-state index in [0.29, 0.717) is 0 Å². The zero-order valence-electron chi connectivity index (χ0n) is 8.04. The van der Waals surface area contributed by atoms with Gasteiger partial charge in [0.1, 0.15) is 0 Å². The molecular formula is C8H20ZnZr-4. The van der Waals surface area contributed by atoms with E-state index in [0.717, 1.165) is 6.42 Å². The first-order chi connectivity index (χ1) is 2.41. The van der Waals surface area contributed by atoms with Crippen LogP contribution < -0.4 is 0 Å². The molecule has 0 aliphatic heterocycles. The number of hydrogen-bond donors (Lipinski definition) is 0. The molecule has 2 heteroatoms. The van der Waals surface area contributed by atoms with Gasteiger partial charge in [-0.1, -0.05) is 19.8 Å². The maximum Gasteiger partial charge on any atom is 0 e. The van der Waals surface area contributed by atoms with Crippen molar-refractivity contribution < 1.29 is 45.7 Å². The average Bonchev–Trinajstić information content (AvgIpc) is 1.41. The molecule has 0 nitrogen and oxygen atoms in total. The van der Waals surface area contributed by atoms with Crippen molar-refractivity contribution in [2.45, 2.75) is 26.2 Å². The summed E-state index contributed by atoms with van der Waals surface area (Å²) in [5.74, 6) is 0. The summed E-state index contributed by atoms with van der Waals surface area (Å²) in [6.07, 6.45) is 3.65. The van der Waals surface area contributed by atoms with E-state index in [1.807, 2.05) is 0 Å². The van der Waals surface area contributed by atoms with E-state index in [-0.39, 0.29) is 68.0 Å². The Morgan fingerprint density at radius 3 is 1.40 bits per heavy atom. The van der Waals surface area contributed by atoms with E-state index in [9.17, 15) is 0 Å². The van der Waals surface area contributed by atoms with Gasteiger partial charge in [-0.15, -0.1) is 0 Å². The Morgan fingerprint density at radius 1 is 1.10 bits per heavy atom.